The lowest BCUT2D eigenvalue weighted by molar-refractivity contribution is -0.389. The molecule has 7 heteroatoms. The summed E-state index contributed by atoms with van der Waals surface area (Å²) in [6.45, 7) is 0.407. The van der Waals surface area contributed by atoms with E-state index in [1.54, 1.807) is 29.9 Å². The number of hydrogen-bond acceptors (Lipinski definition) is 4. The van der Waals surface area contributed by atoms with E-state index in [0.29, 0.717) is 17.3 Å². The Bertz CT molecular complexity index is 583. The zero-order valence-electron chi connectivity index (χ0n) is 9.54. The molecule has 0 aliphatic rings. The maximum atomic E-state index is 10.5. The zero-order chi connectivity index (χ0) is 13.1. The van der Waals surface area contributed by atoms with Gasteiger partial charge in [-0.05, 0) is 28.1 Å². The average molecular weight is 268 g/mol. The number of aromatic nitrogens is 2. The van der Waals surface area contributed by atoms with Gasteiger partial charge in [0, 0.05) is 10.6 Å². The smallest absolute Gasteiger partial charge is 0.381 e. The maximum absolute atomic E-state index is 10.5. The Hall–Kier alpha value is -2.08. The summed E-state index contributed by atoms with van der Waals surface area (Å²) in [6.07, 6.45) is 2.76. The van der Waals surface area contributed by atoms with Gasteiger partial charge in [-0.3, -0.25) is 0 Å². The Labute approximate surface area is 108 Å². The monoisotopic (exact) mass is 267 g/mol. The topological polar surface area (TPSA) is 70.2 Å². The molecule has 0 unspecified atom stereocenters. The van der Waals surface area contributed by atoms with Crippen LogP contribution in [0, 0.1) is 10.1 Å². The Morgan fingerprint density at radius 3 is 2.94 bits per heavy atom. The molecule has 0 fully saturated rings. The summed E-state index contributed by atoms with van der Waals surface area (Å²) in [7, 11) is 1.56. The van der Waals surface area contributed by atoms with Gasteiger partial charge in [-0.15, -0.1) is 0 Å². The Kier molecular flexibility index (Phi) is 3.47. The predicted octanol–water partition coefficient (Wildman–Crippen LogP) is 2.50. The van der Waals surface area contributed by atoms with Gasteiger partial charge in [0.05, 0.1) is 13.7 Å². The van der Waals surface area contributed by atoms with Crippen molar-refractivity contribution < 1.29 is 9.66 Å². The number of ether oxygens (including phenoxy) is 1. The lowest BCUT2D eigenvalue weighted by Gasteiger charge is -2.08. The normalized spacial score (nSPS) is 10.3. The third-order valence-corrected chi connectivity index (χ3v) is 2.64. The van der Waals surface area contributed by atoms with Crippen molar-refractivity contribution in [1.29, 1.82) is 0 Å². The van der Waals surface area contributed by atoms with Gasteiger partial charge < -0.3 is 19.4 Å². The highest BCUT2D eigenvalue weighted by atomic mass is 35.5. The highest BCUT2D eigenvalue weighted by Crippen LogP contribution is 2.23. The maximum Gasteiger partial charge on any atom is 0.381 e. The third kappa shape index (κ3) is 2.60. The van der Waals surface area contributed by atoms with Crippen LogP contribution in [0.1, 0.15) is 5.56 Å². The molecule has 0 amide bonds. The molecule has 1 aromatic carbocycles. The van der Waals surface area contributed by atoms with Crippen molar-refractivity contribution in [2.24, 2.45) is 0 Å². The molecule has 0 radical (unpaired) electrons. The highest BCUT2D eigenvalue weighted by molar-refractivity contribution is 6.30. The fourth-order valence-corrected chi connectivity index (χ4v) is 1.79. The second-order valence-electron chi connectivity index (χ2n) is 3.62. The molecule has 0 saturated carbocycles. The molecule has 0 aliphatic carbocycles. The number of nitro groups is 1. The van der Waals surface area contributed by atoms with Gasteiger partial charge in [0.25, 0.3) is 0 Å². The summed E-state index contributed by atoms with van der Waals surface area (Å²) >= 11 is 5.91. The van der Waals surface area contributed by atoms with Crippen molar-refractivity contribution in [3.05, 3.63) is 51.4 Å². The summed E-state index contributed by atoms with van der Waals surface area (Å²) < 4.78 is 6.80. The minimum absolute atomic E-state index is 0.184. The Balaban J connectivity index is 2.27. The molecule has 6 nitrogen and oxygen atoms in total. The van der Waals surface area contributed by atoms with E-state index >= 15 is 0 Å². The molecule has 1 heterocycles. The van der Waals surface area contributed by atoms with Gasteiger partial charge in [-0.1, -0.05) is 11.6 Å². The minimum Gasteiger partial charge on any atom is -0.496 e. The van der Waals surface area contributed by atoms with Crippen LogP contribution in [0.15, 0.2) is 30.7 Å². The minimum atomic E-state index is -0.536. The second-order valence-corrected chi connectivity index (χ2v) is 4.05. The van der Waals surface area contributed by atoms with Crippen molar-refractivity contribution in [1.82, 2.24) is 9.55 Å². The first-order valence-corrected chi connectivity index (χ1v) is 5.46. The fourth-order valence-electron chi connectivity index (χ4n) is 1.60. The van der Waals surface area contributed by atoms with E-state index in [1.165, 1.54) is 12.5 Å². The molecule has 2 rings (SSSR count). The molecule has 0 spiro atoms. The van der Waals surface area contributed by atoms with E-state index in [9.17, 15) is 10.1 Å². The first-order valence-electron chi connectivity index (χ1n) is 5.08. The third-order valence-electron chi connectivity index (χ3n) is 2.40. The molecule has 1 aromatic heterocycles. The SMILES string of the molecule is COc1ccc(Cl)cc1Cn1cnc([N+](=O)[O-])c1. The summed E-state index contributed by atoms with van der Waals surface area (Å²) in [4.78, 5) is 13.7. The number of nitrogens with zero attached hydrogens (tertiary/aromatic N) is 3. The van der Waals surface area contributed by atoms with Crippen molar-refractivity contribution in [2.45, 2.75) is 6.54 Å². The van der Waals surface area contributed by atoms with Crippen molar-refractivity contribution in [2.75, 3.05) is 7.11 Å². The van der Waals surface area contributed by atoms with Crippen LogP contribution in [0.25, 0.3) is 0 Å². The number of methoxy groups -OCH3 is 1. The number of benzene rings is 1. The van der Waals surface area contributed by atoms with E-state index in [0.717, 1.165) is 5.56 Å². The fraction of sp³-hybridized carbons (Fsp3) is 0.182. The number of imidazole rings is 1. The van der Waals surface area contributed by atoms with Crippen LogP contribution >= 0.6 is 11.6 Å². The Morgan fingerprint density at radius 2 is 2.33 bits per heavy atom. The molecule has 2 aromatic rings. The van der Waals surface area contributed by atoms with Gasteiger partial charge in [-0.25, -0.2) is 0 Å². The average Bonchev–Trinajstić information content (AvgIpc) is 2.78. The van der Waals surface area contributed by atoms with Crippen LogP contribution in [0.4, 0.5) is 5.82 Å². The van der Waals surface area contributed by atoms with Gasteiger partial charge >= 0.3 is 5.82 Å². The van der Waals surface area contributed by atoms with E-state index in [4.69, 9.17) is 16.3 Å². The van der Waals surface area contributed by atoms with Crippen LogP contribution in [-0.4, -0.2) is 21.6 Å². The molecule has 0 N–H and O–H groups in total. The van der Waals surface area contributed by atoms with E-state index in [2.05, 4.69) is 4.98 Å². The number of halogens is 1. The predicted molar refractivity (Wildman–Crippen MR) is 66.0 cm³/mol. The van der Waals surface area contributed by atoms with Crippen molar-refractivity contribution in [3.8, 4) is 5.75 Å². The van der Waals surface area contributed by atoms with Gasteiger partial charge in [0.2, 0.25) is 6.33 Å². The first-order chi connectivity index (χ1) is 8.60. The molecule has 0 saturated heterocycles. The standard InChI is InChI=1S/C11H10ClN3O3/c1-18-10-3-2-9(12)4-8(10)5-14-6-11(13-7-14)15(16)17/h2-4,6-7H,5H2,1H3. The van der Waals surface area contributed by atoms with Gasteiger partial charge in [-0.2, -0.15) is 0 Å². The summed E-state index contributed by atoms with van der Waals surface area (Å²) in [5, 5.41) is 11.1. The van der Waals surface area contributed by atoms with Crippen LogP contribution in [0.3, 0.4) is 0 Å². The Morgan fingerprint density at radius 1 is 1.56 bits per heavy atom. The zero-order valence-corrected chi connectivity index (χ0v) is 10.3. The molecular weight excluding hydrogens is 258 g/mol. The summed E-state index contributed by atoms with van der Waals surface area (Å²) in [6, 6.07) is 5.23. The van der Waals surface area contributed by atoms with Crippen LogP contribution < -0.4 is 4.74 Å². The number of rotatable bonds is 4. The first kappa shape index (κ1) is 12.4. The van der Waals surface area contributed by atoms with Crippen LogP contribution in [0.2, 0.25) is 5.02 Å². The van der Waals surface area contributed by atoms with E-state index in [-0.39, 0.29) is 5.82 Å². The van der Waals surface area contributed by atoms with E-state index in [1.807, 2.05) is 0 Å². The van der Waals surface area contributed by atoms with Crippen LogP contribution in [0.5, 0.6) is 5.75 Å². The van der Waals surface area contributed by atoms with Gasteiger partial charge in [0.1, 0.15) is 11.9 Å². The molecule has 94 valence electrons. The number of hydrogen-bond donors (Lipinski definition) is 0. The highest BCUT2D eigenvalue weighted by Gasteiger charge is 2.11. The van der Waals surface area contributed by atoms with Crippen molar-refractivity contribution >= 4 is 17.4 Å². The lowest BCUT2D eigenvalue weighted by atomic mass is 10.2. The van der Waals surface area contributed by atoms with Crippen LogP contribution in [-0.2, 0) is 6.54 Å². The lowest BCUT2D eigenvalue weighted by Crippen LogP contribution is -1.99. The van der Waals surface area contributed by atoms with Gasteiger partial charge in [0.15, 0.2) is 0 Å². The molecule has 18 heavy (non-hydrogen) atoms. The molecule has 0 bridgehead atoms. The largest absolute Gasteiger partial charge is 0.496 e. The molecule has 0 aliphatic heterocycles. The molecular formula is C11H10ClN3O3. The molecule has 0 atom stereocenters. The summed E-state index contributed by atoms with van der Waals surface area (Å²) in [5.74, 6) is 0.492. The quantitative estimate of drug-likeness (QED) is 0.630. The van der Waals surface area contributed by atoms with E-state index < -0.39 is 4.92 Å². The van der Waals surface area contributed by atoms with Crippen molar-refractivity contribution in [3.63, 3.8) is 0 Å². The second kappa shape index (κ2) is 5.05. The summed E-state index contributed by atoms with van der Waals surface area (Å²) in [5.41, 5.74) is 0.831.